The third-order valence-corrected chi connectivity index (χ3v) is 8.19. The summed E-state index contributed by atoms with van der Waals surface area (Å²) < 4.78 is 42.6. The standard InChI is InChI=1S/C28H28FN6O8PS/c1-5-41-25-12-32-26-18(6-14(2)7-21(26)33-25)27-34-20-8-19(29)22(9-23(20)45-27)43-16(4)15(3)35(28(36)37)17-10-30-24(31-11-17)13-42-44(38,39)40/h6-12,15-16H,5,13H2,1-4H3,(H,36,37)(H2,38,39,40)/t15-,16+/m1/s1. The fourth-order valence-electron chi connectivity index (χ4n) is 4.48. The first-order valence-corrected chi connectivity index (χ1v) is 15.9. The molecule has 0 bridgehead atoms. The van der Waals surface area contributed by atoms with Gasteiger partial charge >= 0.3 is 13.9 Å². The van der Waals surface area contributed by atoms with Gasteiger partial charge in [-0.25, -0.2) is 38.7 Å². The largest absolute Gasteiger partial charge is 0.485 e. The number of thiazole rings is 1. The summed E-state index contributed by atoms with van der Waals surface area (Å²) in [5, 5.41) is 10.5. The Morgan fingerprint density at radius 2 is 1.80 bits per heavy atom. The molecular formula is C28H28FN6O8PS. The average molecular weight is 659 g/mol. The molecule has 5 rings (SSSR count). The van der Waals surface area contributed by atoms with Crippen LogP contribution in [0.3, 0.4) is 0 Å². The first-order chi connectivity index (χ1) is 21.3. The smallest absolute Gasteiger partial charge is 0.470 e. The van der Waals surface area contributed by atoms with Gasteiger partial charge in [0.15, 0.2) is 17.4 Å². The predicted molar refractivity (Wildman–Crippen MR) is 163 cm³/mol. The van der Waals surface area contributed by atoms with Crippen LogP contribution in [0.25, 0.3) is 31.8 Å². The van der Waals surface area contributed by atoms with E-state index in [1.54, 1.807) is 20.0 Å². The molecule has 1 amide bonds. The quantitative estimate of drug-likeness (QED) is 0.151. The molecular weight excluding hydrogens is 630 g/mol. The van der Waals surface area contributed by atoms with Crippen LogP contribution in [0.5, 0.6) is 11.6 Å². The molecule has 3 aromatic heterocycles. The number of hydrogen-bond donors (Lipinski definition) is 3. The molecule has 5 aromatic rings. The van der Waals surface area contributed by atoms with E-state index >= 15 is 4.39 Å². The normalized spacial score (nSPS) is 13.1. The third-order valence-electron chi connectivity index (χ3n) is 6.67. The highest BCUT2D eigenvalue weighted by Gasteiger charge is 2.29. The van der Waals surface area contributed by atoms with Crippen LogP contribution in [0.4, 0.5) is 14.9 Å². The first-order valence-electron chi connectivity index (χ1n) is 13.5. The van der Waals surface area contributed by atoms with Crippen molar-refractivity contribution in [3.63, 3.8) is 0 Å². The fourth-order valence-corrected chi connectivity index (χ4v) is 5.76. The van der Waals surface area contributed by atoms with Crippen molar-refractivity contribution in [1.82, 2.24) is 24.9 Å². The number of phosphoric ester groups is 1. The van der Waals surface area contributed by atoms with Gasteiger partial charge in [0, 0.05) is 17.7 Å². The van der Waals surface area contributed by atoms with Crippen molar-refractivity contribution in [2.24, 2.45) is 0 Å². The number of amides is 1. The molecule has 0 saturated carbocycles. The lowest BCUT2D eigenvalue weighted by atomic mass is 10.1. The Balaban J connectivity index is 1.38. The minimum Gasteiger partial charge on any atom is -0.485 e. The van der Waals surface area contributed by atoms with Gasteiger partial charge < -0.3 is 24.4 Å². The third kappa shape index (κ3) is 7.32. The number of hydrogen-bond acceptors (Lipinski definition) is 11. The van der Waals surface area contributed by atoms with Gasteiger partial charge in [0.25, 0.3) is 0 Å². The number of carboxylic acid groups (broad SMARTS) is 1. The highest BCUT2D eigenvalue weighted by molar-refractivity contribution is 7.46. The highest BCUT2D eigenvalue weighted by Crippen LogP contribution is 2.38. The molecule has 17 heteroatoms. The summed E-state index contributed by atoms with van der Waals surface area (Å²) in [6.45, 7) is 6.85. The molecule has 0 unspecified atom stereocenters. The van der Waals surface area contributed by atoms with Crippen LogP contribution >= 0.6 is 19.2 Å². The molecule has 0 saturated heterocycles. The van der Waals surface area contributed by atoms with Crippen LogP contribution in [-0.4, -0.2) is 64.7 Å². The monoisotopic (exact) mass is 658 g/mol. The van der Waals surface area contributed by atoms with Gasteiger partial charge in [-0.2, -0.15) is 0 Å². The lowest BCUT2D eigenvalue weighted by Crippen LogP contribution is -2.46. The lowest BCUT2D eigenvalue weighted by molar-refractivity contribution is 0.167. The summed E-state index contributed by atoms with van der Waals surface area (Å²) in [5.74, 6) is -0.409. The van der Waals surface area contributed by atoms with Crippen LogP contribution in [0.15, 0.2) is 42.9 Å². The van der Waals surface area contributed by atoms with Gasteiger partial charge in [0.2, 0.25) is 5.88 Å². The molecule has 0 radical (unpaired) electrons. The van der Waals surface area contributed by atoms with Crippen molar-refractivity contribution in [2.75, 3.05) is 11.5 Å². The van der Waals surface area contributed by atoms with Crippen molar-refractivity contribution < 1.29 is 42.6 Å². The van der Waals surface area contributed by atoms with E-state index in [0.29, 0.717) is 38.7 Å². The first kappa shape index (κ1) is 32.1. The van der Waals surface area contributed by atoms with E-state index in [1.165, 1.54) is 35.9 Å². The van der Waals surface area contributed by atoms with Crippen molar-refractivity contribution in [3.05, 3.63) is 60.1 Å². The van der Waals surface area contributed by atoms with Crippen molar-refractivity contribution in [3.8, 4) is 22.2 Å². The Morgan fingerprint density at radius 1 is 1.07 bits per heavy atom. The number of aryl methyl sites for hydroxylation is 1. The van der Waals surface area contributed by atoms with E-state index in [0.717, 1.165) is 16.0 Å². The van der Waals surface area contributed by atoms with E-state index in [-0.39, 0.29) is 17.3 Å². The second-order valence-corrected chi connectivity index (χ2v) is 12.2. The summed E-state index contributed by atoms with van der Waals surface area (Å²) >= 11 is 1.32. The van der Waals surface area contributed by atoms with Gasteiger partial charge in [0.05, 0.1) is 58.2 Å². The van der Waals surface area contributed by atoms with Gasteiger partial charge in [-0.3, -0.25) is 9.42 Å². The maximum Gasteiger partial charge on any atom is 0.470 e. The SMILES string of the molecule is CCOc1cnc2c(-c3nc4cc(F)c(O[C@@H](C)[C@@H](C)N(C(=O)O)c5cnc(COP(=O)(O)O)nc5)cc4s3)cc(C)cc2n1. The van der Waals surface area contributed by atoms with E-state index in [1.807, 2.05) is 26.0 Å². The molecule has 3 heterocycles. The molecule has 0 aliphatic carbocycles. The minimum atomic E-state index is -4.73. The number of halogens is 1. The Bertz CT molecular complexity index is 1920. The summed E-state index contributed by atoms with van der Waals surface area (Å²) in [6, 6.07) is 5.79. The Morgan fingerprint density at radius 3 is 2.47 bits per heavy atom. The Labute approximate surface area is 259 Å². The number of rotatable bonds is 11. The molecule has 0 aliphatic rings. The number of phosphoric acid groups is 1. The number of ether oxygens (including phenoxy) is 2. The zero-order valence-electron chi connectivity index (χ0n) is 24.4. The lowest BCUT2D eigenvalue weighted by Gasteiger charge is -2.30. The molecule has 2 aromatic carbocycles. The van der Waals surface area contributed by atoms with E-state index < -0.39 is 38.5 Å². The number of benzene rings is 2. The molecule has 14 nitrogen and oxygen atoms in total. The summed E-state index contributed by atoms with van der Waals surface area (Å²) in [6.07, 6.45) is 1.71. The molecule has 0 spiro atoms. The molecule has 0 fully saturated rings. The second-order valence-electron chi connectivity index (χ2n) is 9.93. The van der Waals surface area contributed by atoms with Crippen LogP contribution in [0, 0.1) is 12.7 Å². The number of aromatic nitrogens is 5. The molecule has 45 heavy (non-hydrogen) atoms. The van der Waals surface area contributed by atoms with Gasteiger partial charge in [-0.15, -0.1) is 11.3 Å². The van der Waals surface area contributed by atoms with Crippen LogP contribution in [0.1, 0.15) is 32.2 Å². The van der Waals surface area contributed by atoms with E-state index in [2.05, 4.69) is 29.4 Å². The zero-order chi connectivity index (χ0) is 32.5. The van der Waals surface area contributed by atoms with Crippen molar-refractivity contribution in [1.29, 1.82) is 0 Å². The summed E-state index contributed by atoms with van der Waals surface area (Å²) in [5.41, 5.74) is 3.44. The minimum absolute atomic E-state index is 0.0651. The maximum absolute atomic E-state index is 15.3. The number of fused-ring (bicyclic) bond motifs is 2. The topological polar surface area (TPSA) is 190 Å². The number of carbonyl (C=O) groups is 1. The zero-order valence-corrected chi connectivity index (χ0v) is 26.1. The molecule has 2 atom stereocenters. The number of nitrogens with zero attached hydrogens (tertiary/aromatic N) is 6. The van der Waals surface area contributed by atoms with Crippen LogP contribution in [0.2, 0.25) is 0 Å². The van der Waals surface area contributed by atoms with Crippen molar-refractivity contribution in [2.45, 2.75) is 46.4 Å². The molecule has 236 valence electrons. The summed E-state index contributed by atoms with van der Waals surface area (Å²) in [7, 11) is -4.73. The number of anilines is 1. The van der Waals surface area contributed by atoms with Gasteiger partial charge in [-0.1, -0.05) is 0 Å². The average Bonchev–Trinajstić information content (AvgIpc) is 3.38. The van der Waals surface area contributed by atoms with Crippen LogP contribution in [-0.2, 0) is 15.7 Å². The highest BCUT2D eigenvalue weighted by atomic mass is 32.1. The molecule has 3 N–H and O–H groups in total. The fraction of sp³-hybridized carbons (Fsp3) is 0.286. The Hall–Kier alpha value is -4.34. The predicted octanol–water partition coefficient (Wildman–Crippen LogP) is 5.49. The van der Waals surface area contributed by atoms with Crippen molar-refractivity contribution >= 4 is 52.2 Å². The van der Waals surface area contributed by atoms with E-state index in [9.17, 15) is 14.5 Å². The summed E-state index contributed by atoms with van der Waals surface area (Å²) in [4.78, 5) is 52.4. The van der Waals surface area contributed by atoms with Gasteiger partial charge in [0.1, 0.15) is 17.7 Å². The maximum atomic E-state index is 15.3. The second kappa shape index (κ2) is 12.9. The van der Waals surface area contributed by atoms with Crippen LogP contribution < -0.4 is 14.4 Å². The van der Waals surface area contributed by atoms with E-state index in [4.69, 9.17) is 19.3 Å². The molecule has 0 aliphatic heterocycles. The Kier molecular flexibility index (Phi) is 9.23. The van der Waals surface area contributed by atoms with Gasteiger partial charge in [-0.05, 0) is 45.4 Å².